The molecule has 28 heavy (non-hydrogen) atoms. The van der Waals surface area contributed by atoms with E-state index in [9.17, 15) is 0 Å². The van der Waals surface area contributed by atoms with Gasteiger partial charge in [0.25, 0.3) is 0 Å². The van der Waals surface area contributed by atoms with Crippen molar-refractivity contribution in [3.63, 3.8) is 0 Å². The summed E-state index contributed by atoms with van der Waals surface area (Å²) in [6, 6.07) is 12.5. The van der Waals surface area contributed by atoms with E-state index in [0.29, 0.717) is 6.54 Å². The van der Waals surface area contributed by atoms with Crippen molar-refractivity contribution in [2.75, 3.05) is 11.9 Å². The highest BCUT2D eigenvalue weighted by Crippen LogP contribution is 2.28. The third-order valence-electron chi connectivity index (χ3n) is 4.82. The number of nitrogens with zero attached hydrogens (tertiary/aromatic N) is 1. The fourth-order valence-corrected chi connectivity index (χ4v) is 2.96. The molecule has 1 aromatic carbocycles. The summed E-state index contributed by atoms with van der Waals surface area (Å²) in [7, 11) is 0. The lowest BCUT2D eigenvalue weighted by atomic mass is 9.99. The first-order valence-corrected chi connectivity index (χ1v) is 9.71. The average molecular weight is 374 g/mol. The number of aryl methyl sites for hydroxylation is 1. The molecule has 0 amide bonds. The minimum Gasteiger partial charge on any atom is -0.404 e. The number of pyridine rings is 1. The zero-order valence-corrected chi connectivity index (χ0v) is 17.4. The molecule has 0 fully saturated rings. The molecule has 146 valence electrons. The van der Waals surface area contributed by atoms with Gasteiger partial charge >= 0.3 is 0 Å². The molecule has 2 rings (SSSR count). The van der Waals surface area contributed by atoms with Gasteiger partial charge in [0.2, 0.25) is 0 Å². The number of benzene rings is 1. The Morgan fingerprint density at radius 2 is 1.96 bits per heavy atom. The second kappa shape index (κ2) is 10.3. The maximum absolute atomic E-state index is 5.75. The quantitative estimate of drug-likeness (QED) is 0.537. The van der Waals surface area contributed by atoms with E-state index in [1.54, 1.807) is 6.20 Å². The van der Waals surface area contributed by atoms with Crippen LogP contribution in [0.15, 0.2) is 78.6 Å². The van der Waals surface area contributed by atoms with Crippen LogP contribution in [-0.2, 0) is 0 Å². The van der Waals surface area contributed by atoms with Crippen LogP contribution in [0.2, 0.25) is 0 Å². The third kappa shape index (κ3) is 5.46. The molecular weight excluding hydrogens is 342 g/mol. The Bertz CT molecular complexity index is 917. The zero-order chi connectivity index (χ0) is 20.5. The van der Waals surface area contributed by atoms with E-state index in [1.807, 2.05) is 13.0 Å². The highest BCUT2D eigenvalue weighted by Gasteiger charge is 2.08. The Balaban J connectivity index is 2.40. The highest BCUT2D eigenvalue weighted by molar-refractivity contribution is 5.74. The Labute approximate surface area is 169 Å². The first-order valence-electron chi connectivity index (χ1n) is 9.71. The summed E-state index contributed by atoms with van der Waals surface area (Å²) in [6.45, 7) is 12.9. The number of nitrogens with two attached hydrogens (primary N) is 1. The smallest absolute Gasteiger partial charge is 0.127 e. The monoisotopic (exact) mass is 373 g/mol. The number of hydrogen-bond acceptors (Lipinski definition) is 3. The molecule has 3 N–H and O–H groups in total. The summed E-state index contributed by atoms with van der Waals surface area (Å²) in [4.78, 5) is 4.75. The fourth-order valence-electron chi connectivity index (χ4n) is 2.96. The van der Waals surface area contributed by atoms with Crippen LogP contribution in [0, 0.1) is 6.92 Å². The maximum atomic E-state index is 5.75. The average Bonchev–Trinajstić information content (AvgIpc) is 2.73. The molecule has 0 atom stereocenters. The van der Waals surface area contributed by atoms with Gasteiger partial charge in [-0.3, -0.25) is 0 Å². The topological polar surface area (TPSA) is 50.9 Å². The standard InChI is InChI=1S/C25H31N3/c1-6-20(7-2)13-21(8-3)17-27-25-15-22(14-24(28-25)19(5)16-26)23-12-10-9-11-18(23)4/h6,8-16H,3,7,17,26H2,1-2,4-5H3,(H,27,28)/b19-16-,20-6-,21-13+. The Morgan fingerprint density at radius 3 is 2.57 bits per heavy atom. The van der Waals surface area contributed by atoms with Crippen molar-refractivity contribution in [2.45, 2.75) is 34.1 Å². The van der Waals surface area contributed by atoms with Crippen LogP contribution in [-0.4, -0.2) is 11.5 Å². The molecule has 0 aliphatic rings. The summed E-state index contributed by atoms with van der Waals surface area (Å²) in [5, 5.41) is 3.45. The molecule has 3 heteroatoms. The third-order valence-corrected chi connectivity index (χ3v) is 4.82. The SMILES string of the molecule is C=C/C(=C\C(=C/C)CC)CNc1cc(-c2ccccc2C)cc(/C(C)=C\N)n1. The van der Waals surface area contributed by atoms with E-state index in [0.717, 1.165) is 34.6 Å². The minimum absolute atomic E-state index is 0.663. The van der Waals surface area contributed by atoms with Gasteiger partial charge in [-0.25, -0.2) is 4.98 Å². The van der Waals surface area contributed by atoms with E-state index >= 15 is 0 Å². The molecule has 3 nitrogen and oxygen atoms in total. The van der Waals surface area contributed by atoms with Gasteiger partial charge in [0.05, 0.1) is 5.69 Å². The van der Waals surface area contributed by atoms with Gasteiger partial charge in [0.15, 0.2) is 0 Å². The van der Waals surface area contributed by atoms with Crippen molar-refractivity contribution in [1.29, 1.82) is 0 Å². The number of rotatable bonds is 8. The summed E-state index contributed by atoms with van der Waals surface area (Å²) in [5.41, 5.74) is 13.5. The van der Waals surface area contributed by atoms with Crippen molar-refractivity contribution in [1.82, 2.24) is 4.98 Å². The molecule has 0 saturated heterocycles. The van der Waals surface area contributed by atoms with Crippen LogP contribution >= 0.6 is 0 Å². The summed E-state index contributed by atoms with van der Waals surface area (Å²) >= 11 is 0. The van der Waals surface area contributed by atoms with Crippen molar-refractivity contribution in [2.24, 2.45) is 5.73 Å². The highest BCUT2D eigenvalue weighted by atomic mass is 15.0. The molecular formula is C25H31N3. The van der Waals surface area contributed by atoms with Crippen LogP contribution in [0.5, 0.6) is 0 Å². The fraction of sp³-hybridized carbons (Fsp3) is 0.240. The number of nitrogens with one attached hydrogen (secondary N) is 1. The molecule has 0 aliphatic heterocycles. The molecule has 2 aromatic rings. The molecule has 0 aliphatic carbocycles. The lowest BCUT2D eigenvalue weighted by Crippen LogP contribution is -2.07. The Morgan fingerprint density at radius 1 is 1.21 bits per heavy atom. The van der Waals surface area contributed by atoms with Crippen molar-refractivity contribution in [3.05, 3.63) is 89.8 Å². The second-order valence-corrected chi connectivity index (χ2v) is 6.78. The Kier molecular flexibility index (Phi) is 7.82. The minimum atomic E-state index is 0.663. The van der Waals surface area contributed by atoms with Gasteiger partial charge in [-0.1, -0.05) is 61.6 Å². The van der Waals surface area contributed by atoms with E-state index in [2.05, 4.69) is 81.2 Å². The predicted octanol–water partition coefficient (Wildman–Crippen LogP) is 6.26. The molecule has 0 unspecified atom stereocenters. The van der Waals surface area contributed by atoms with Crippen LogP contribution in [0.3, 0.4) is 0 Å². The maximum Gasteiger partial charge on any atom is 0.127 e. The zero-order valence-electron chi connectivity index (χ0n) is 17.4. The lowest BCUT2D eigenvalue weighted by molar-refractivity contribution is 1.12. The van der Waals surface area contributed by atoms with E-state index < -0.39 is 0 Å². The summed E-state index contributed by atoms with van der Waals surface area (Å²) < 4.78 is 0. The van der Waals surface area contributed by atoms with Gasteiger partial charge in [-0.05, 0) is 73.4 Å². The number of anilines is 1. The molecule has 0 saturated carbocycles. The number of aromatic nitrogens is 1. The largest absolute Gasteiger partial charge is 0.404 e. The van der Waals surface area contributed by atoms with Crippen LogP contribution in [0.25, 0.3) is 16.7 Å². The molecule has 0 radical (unpaired) electrons. The first-order chi connectivity index (χ1) is 13.5. The van der Waals surface area contributed by atoms with Crippen molar-refractivity contribution < 1.29 is 0 Å². The van der Waals surface area contributed by atoms with Gasteiger partial charge < -0.3 is 11.1 Å². The van der Waals surface area contributed by atoms with Crippen LogP contribution in [0.4, 0.5) is 5.82 Å². The molecule has 0 bridgehead atoms. The number of hydrogen-bond donors (Lipinski definition) is 2. The van der Waals surface area contributed by atoms with Gasteiger partial charge in [-0.2, -0.15) is 0 Å². The summed E-state index contributed by atoms with van der Waals surface area (Å²) in [6.07, 6.45) is 8.80. The second-order valence-electron chi connectivity index (χ2n) is 6.78. The van der Waals surface area contributed by atoms with Crippen LogP contribution in [0.1, 0.15) is 38.4 Å². The predicted molar refractivity (Wildman–Crippen MR) is 123 cm³/mol. The van der Waals surface area contributed by atoms with Crippen molar-refractivity contribution >= 4 is 11.4 Å². The summed E-state index contributed by atoms with van der Waals surface area (Å²) in [5.74, 6) is 0.822. The van der Waals surface area contributed by atoms with E-state index in [-0.39, 0.29) is 0 Å². The van der Waals surface area contributed by atoms with E-state index in [1.165, 1.54) is 16.7 Å². The molecule has 1 aromatic heterocycles. The van der Waals surface area contributed by atoms with E-state index in [4.69, 9.17) is 10.7 Å². The molecule has 1 heterocycles. The van der Waals surface area contributed by atoms with Gasteiger partial charge in [0.1, 0.15) is 5.82 Å². The van der Waals surface area contributed by atoms with Gasteiger partial charge in [-0.15, -0.1) is 0 Å². The Hall–Kier alpha value is -3.07. The molecule has 0 spiro atoms. The normalized spacial score (nSPS) is 12.8. The van der Waals surface area contributed by atoms with Crippen LogP contribution < -0.4 is 11.1 Å². The van der Waals surface area contributed by atoms with Gasteiger partial charge in [0, 0.05) is 6.54 Å². The lowest BCUT2D eigenvalue weighted by Gasteiger charge is -2.13. The first kappa shape index (κ1) is 21.2. The van der Waals surface area contributed by atoms with Crippen molar-refractivity contribution in [3.8, 4) is 11.1 Å². The number of allylic oxidation sites excluding steroid dienone is 4.